The number of ether oxygens (including phenoxy) is 1. The van der Waals surface area contributed by atoms with E-state index >= 15 is 4.39 Å². The summed E-state index contributed by atoms with van der Waals surface area (Å²) in [5.74, 6) is 0.949. The van der Waals surface area contributed by atoms with Crippen LogP contribution in [-0.4, -0.2) is 54.5 Å². The number of carbonyl (C=O) groups is 2. The van der Waals surface area contributed by atoms with Crippen LogP contribution in [-0.2, 0) is 16.0 Å². The number of nitrogens with one attached hydrogen (secondary N) is 1. The second-order valence-corrected chi connectivity index (χ2v) is 9.19. The monoisotopic (exact) mass is 493 g/mol. The molecule has 3 aromatic rings. The van der Waals surface area contributed by atoms with Crippen LogP contribution < -0.4 is 15.1 Å². The maximum atomic E-state index is 15.1. The number of rotatable bonds is 7. The molecule has 1 atom stereocenters. The first-order valence-corrected chi connectivity index (χ1v) is 12.1. The maximum Gasteiger partial charge on any atom is 0.414 e. The number of anilines is 2. The minimum atomic E-state index is -0.547. The van der Waals surface area contributed by atoms with E-state index in [1.807, 2.05) is 35.2 Å². The first kappa shape index (κ1) is 23.8. The summed E-state index contributed by atoms with van der Waals surface area (Å²) < 4.78 is 26.2. The molecular weight excluding hydrogens is 465 g/mol. The first-order chi connectivity index (χ1) is 17.5. The molecule has 2 aromatic carbocycles. The quantitative estimate of drug-likeness (QED) is 0.534. The molecule has 36 heavy (non-hydrogen) atoms. The molecule has 188 valence electrons. The fourth-order valence-corrected chi connectivity index (χ4v) is 4.67. The van der Waals surface area contributed by atoms with Crippen molar-refractivity contribution in [2.24, 2.45) is 5.92 Å². The van der Waals surface area contributed by atoms with Crippen molar-refractivity contribution in [3.8, 4) is 11.5 Å². The summed E-state index contributed by atoms with van der Waals surface area (Å²) in [5.41, 5.74) is 1.85. The number of piperidine rings is 1. The van der Waals surface area contributed by atoms with E-state index in [2.05, 4.69) is 15.5 Å². The third-order valence-corrected chi connectivity index (χ3v) is 6.60. The van der Waals surface area contributed by atoms with Crippen molar-refractivity contribution in [3.63, 3.8) is 0 Å². The summed E-state index contributed by atoms with van der Waals surface area (Å²) in [4.78, 5) is 26.8. The Bertz CT molecular complexity index is 1230. The summed E-state index contributed by atoms with van der Waals surface area (Å²) in [6, 6.07) is 14.5. The zero-order chi connectivity index (χ0) is 25.1. The van der Waals surface area contributed by atoms with Crippen molar-refractivity contribution >= 4 is 23.4 Å². The van der Waals surface area contributed by atoms with E-state index in [0.717, 1.165) is 18.4 Å². The lowest BCUT2D eigenvalue weighted by molar-refractivity contribution is -0.119. The van der Waals surface area contributed by atoms with E-state index in [4.69, 9.17) is 9.15 Å². The molecule has 0 unspecified atom stereocenters. The number of hydrogen-bond acceptors (Lipinski definition) is 7. The fraction of sp³-hybridized carbons (Fsp3) is 0.385. The van der Waals surface area contributed by atoms with Crippen LogP contribution in [0.1, 0.15) is 25.7 Å². The Labute approximate surface area is 208 Å². The molecule has 2 amide bonds. The molecule has 0 saturated carbocycles. The highest BCUT2D eigenvalue weighted by Crippen LogP contribution is 2.31. The van der Waals surface area contributed by atoms with E-state index in [0.29, 0.717) is 48.6 Å². The minimum Gasteiger partial charge on any atom is -0.442 e. The van der Waals surface area contributed by atoms with Gasteiger partial charge in [-0.05, 0) is 49.1 Å². The zero-order valence-electron chi connectivity index (χ0n) is 20.0. The average molecular weight is 494 g/mol. The van der Waals surface area contributed by atoms with E-state index in [1.165, 1.54) is 17.9 Å². The first-order valence-electron chi connectivity index (χ1n) is 12.1. The third kappa shape index (κ3) is 5.32. The fourth-order valence-electron chi connectivity index (χ4n) is 4.67. The smallest absolute Gasteiger partial charge is 0.414 e. The number of aromatic nitrogens is 2. The predicted molar refractivity (Wildman–Crippen MR) is 131 cm³/mol. The van der Waals surface area contributed by atoms with E-state index in [1.54, 1.807) is 12.1 Å². The van der Waals surface area contributed by atoms with Crippen LogP contribution in [0.15, 0.2) is 52.9 Å². The lowest BCUT2D eigenvalue weighted by atomic mass is 9.93. The highest BCUT2D eigenvalue weighted by molar-refractivity contribution is 5.90. The number of carbonyl (C=O) groups excluding carboxylic acids is 2. The molecule has 5 rings (SSSR count). The number of amides is 2. The number of halogens is 1. The number of benzene rings is 2. The number of hydrogen-bond donors (Lipinski definition) is 1. The second kappa shape index (κ2) is 10.3. The Morgan fingerprint density at radius 2 is 1.92 bits per heavy atom. The summed E-state index contributed by atoms with van der Waals surface area (Å²) in [7, 11) is 0. The molecule has 9 nitrogen and oxygen atoms in total. The summed E-state index contributed by atoms with van der Waals surface area (Å²) >= 11 is 0. The minimum absolute atomic E-state index is 0.197. The van der Waals surface area contributed by atoms with Crippen molar-refractivity contribution in [3.05, 3.63) is 60.2 Å². The Balaban J connectivity index is 1.16. The van der Waals surface area contributed by atoms with Gasteiger partial charge in [-0.2, -0.15) is 0 Å². The van der Waals surface area contributed by atoms with Gasteiger partial charge in [0, 0.05) is 32.0 Å². The molecular formula is C26H28FN5O4. The molecule has 1 aromatic heterocycles. The van der Waals surface area contributed by atoms with Crippen molar-refractivity contribution in [1.29, 1.82) is 0 Å². The van der Waals surface area contributed by atoms with Gasteiger partial charge in [-0.25, -0.2) is 9.18 Å². The van der Waals surface area contributed by atoms with Crippen molar-refractivity contribution in [2.75, 3.05) is 36.0 Å². The topological polar surface area (TPSA) is 101 Å². The van der Waals surface area contributed by atoms with Crippen LogP contribution in [0, 0.1) is 11.7 Å². The van der Waals surface area contributed by atoms with Crippen molar-refractivity contribution < 1.29 is 23.1 Å². The average Bonchev–Trinajstić information content (AvgIpc) is 3.50. The van der Waals surface area contributed by atoms with Gasteiger partial charge >= 0.3 is 6.09 Å². The zero-order valence-corrected chi connectivity index (χ0v) is 20.0. The highest BCUT2D eigenvalue weighted by atomic mass is 19.1. The largest absolute Gasteiger partial charge is 0.442 e. The summed E-state index contributed by atoms with van der Waals surface area (Å²) in [5, 5.41) is 11.0. The maximum absolute atomic E-state index is 15.1. The van der Waals surface area contributed by atoms with Gasteiger partial charge in [0.25, 0.3) is 0 Å². The highest BCUT2D eigenvalue weighted by Gasteiger charge is 2.33. The standard InChI is InChI=1S/C26H28FN5O4/c1-17(33)28-15-21-16-32(26(34)35-21)20-7-8-23(22(27)14-20)31-11-9-18(10-12-31)13-24-29-30-25(36-24)19-5-3-2-4-6-19/h2-8,14,18,21H,9-13,15-16H2,1H3,(H,28,33)/t21-/m0/s1. The summed E-state index contributed by atoms with van der Waals surface area (Å²) in [6.07, 6.45) is 1.45. The van der Waals surface area contributed by atoms with Crippen molar-refractivity contribution in [2.45, 2.75) is 32.3 Å². The van der Waals surface area contributed by atoms with E-state index < -0.39 is 12.2 Å². The molecule has 2 aliphatic rings. The molecule has 10 heteroatoms. The van der Waals surface area contributed by atoms with Crippen LogP contribution in [0.5, 0.6) is 0 Å². The van der Waals surface area contributed by atoms with Crippen LogP contribution >= 0.6 is 0 Å². The van der Waals surface area contributed by atoms with Crippen LogP contribution in [0.3, 0.4) is 0 Å². The van der Waals surface area contributed by atoms with Gasteiger partial charge < -0.3 is 19.4 Å². The Kier molecular flexibility index (Phi) is 6.84. The normalized spacial score (nSPS) is 18.4. The van der Waals surface area contributed by atoms with Crippen LogP contribution in [0.4, 0.5) is 20.6 Å². The van der Waals surface area contributed by atoms with E-state index in [-0.39, 0.29) is 24.8 Å². The molecule has 3 heterocycles. The number of nitrogens with zero attached hydrogens (tertiary/aromatic N) is 4. The van der Waals surface area contributed by atoms with Gasteiger partial charge in [0.05, 0.1) is 24.5 Å². The van der Waals surface area contributed by atoms with Gasteiger partial charge in [-0.3, -0.25) is 9.69 Å². The Morgan fingerprint density at radius 3 is 2.64 bits per heavy atom. The van der Waals surface area contributed by atoms with Gasteiger partial charge in [0.2, 0.25) is 17.7 Å². The van der Waals surface area contributed by atoms with Gasteiger partial charge in [0.1, 0.15) is 11.9 Å². The number of cyclic esters (lactones) is 1. The molecule has 0 radical (unpaired) electrons. The molecule has 0 bridgehead atoms. The van der Waals surface area contributed by atoms with Gasteiger partial charge in [-0.1, -0.05) is 18.2 Å². The SMILES string of the molecule is CC(=O)NC[C@H]1CN(c2ccc(N3CCC(Cc4nnc(-c5ccccc5)o4)CC3)c(F)c2)C(=O)O1. The molecule has 0 aliphatic carbocycles. The van der Waals surface area contributed by atoms with Crippen LogP contribution in [0.2, 0.25) is 0 Å². The second-order valence-electron chi connectivity index (χ2n) is 9.19. The molecule has 1 N–H and O–H groups in total. The molecule has 2 aliphatic heterocycles. The molecule has 2 fully saturated rings. The van der Waals surface area contributed by atoms with E-state index in [9.17, 15) is 9.59 Å². The van der Waals surface area contributed by atoms with Crippen LogP contribution in [0.25, 0.3) is 11.5 Å². The van der Waals surface area contributed by atoms with Gasteiger partial charge in [-0.15, -0.1) is 10.2 Å². The third-order valence-electron chi connectivity index (χ3n) is 6.60. The predicted octanol–water partition coefficient (Wildman–Crippen LogP) is 3.80. The Hall–Kier alpha value is -3.95. The lowest BCUT2D eigenvalue weighted by Crippen LogP contribution is -2.35. The lowest BCUT2D eigenvalue weighted by Gasteiger charge is -2.33. The summed E-state index contributed by atoms with van der Waals surface area (Å²) in [6.45, 7) is 3.31. The van der Waals surface area contributed by atoms with Gasteiger partial charge in [0.15, 0.2) is 0 Å². The molecule has 0 spiro atoms. The Morgan fingerprint density at radius 1 is 1.14 bits per heavy atom. The van der Waals surface area contributed by atoms with Crippen molar-refractivity contribution in [1.82, 2.24) is 15.5 Å². The molecule has 2 saturated heterocycles.